The first-order chi connectivity index (χ1) is 16.2. The Bertz CT molecular complexity index is 1050. The van der Waals surface area contributed by atoms with Crippen LogP contribution < -0.4 is 15.5 Å². The molecule has 1 aromatic carbocycles. The molecule has 0 unspecified atom stereocenters. The zero-order valence-electron chi connectivity index (χ0n) is 20.6. The van der Waals surface area contributed by atoms with Crippen LogP contribution in [0.15, 0.2) is 47.7 Å². The molecule has 0 aliphatic carbocycles. The lowest BCUT2D eigenvalue weighted by atomic mass is 10.1. The quantitative estimate of drug-likeness (QED) is 0.216. The van der Waals surface area contributed by atoms with Crippen molar-refractivity contribution < 1.29 is 0 Å². The van der Waals surface area contributed by atoms with Gasteiger partial charge in [0.05, 0.1) is 6.54 Å². The fraction of sp³-hybridized carbons (Fsp3) is 0.462. The van der Waals surface area contributed by atoms with Crippen molar-refractivity contribution in [2.75, 3.05) is 50.7 Å². The Morgan fingerprint density at radius 3 is 2.62 bits per heavy atom. The minimum Gasteiger partial charge on any atom is -0.361 e. The number of aliphatic imine (C=N–C) groups is 1. The van der Waals surface area contributed by atoms with Gasteiger partial charge in [0.1, 0.15) is 5.82 Å². The molecule has 0 radical (unpaired) electrons. The third-order valence-corrected chi connectivity index (χ3v) is 6.33. The Morgan fingerprint density at radius 1 is 1.09 bits per heavy atom. The van der Waals surface area contributed by atoms with Gasteiger partial charge in [-0.1, -0.05) is 25.1 Å². The second-order valence-electron chi connectivity index (χ2n) is 8.68. The Morgan fingerprint density at radius 2 is 1.91 bits per heavy atom. The first-order valence-corrected chi connectivity index (χ1v) is 12.2. The molecule has 0 bridgehead atoms. The highest BCUT2D eigenvalue weighted by molar-refractivity contribution is 14.0. The number of anilines is 1. The van der Waals surface area contributed by atoms with Gasteiger partial charge >= 0.3 is 0 Å². The number of aryl methyl sites for hydroxylation is 1. The summed E-state index contributed by atoms with van der Waals surface area (Å²) in [5, 5.41) is 8.12. The Labute approximate surface area is 220 Å². The third-order valence-electron chi connectivity index (χ3n) is 6.33. The monoisotopic (exact) mass is 575 g/mol. The number of hydrogen-bond donors (Lipinski definition) is 3. The lowest BCUT2D eigenvalue weighted by molar-refractivity contribution is 0.270. The summed E-state index contributed by atoms with van der Waals surface area (Å²) in [5.74, 6) is 1.91. The van der Waals surface area contributed by atoms with E-state index < -0.39 is 0 Å². The second kappa shape index (κ2) is 12.9. The van der Waals surface area contributed by atoms with Crippen molar-refractivity contribution in [1.29, 1.82) is 0 Å². The summed E-state index contributed by atoms with van der Waals surface area (Å²) < 4.78 is 0. The van der Waals surface area contributed by atoms with E-state index in [0.717, 1.165) is 69.6 Å². The number of nitrogens with one attached hydrogen (secondary N) is 3. The molecule has 0 amide bonds. The Hall–Kier alpha value is -2.33. The molecular weight excluding hydrogens is 537 g/mol. The summed E-state index contributed by atoms with van der Waals surface area (Å²) in [7, 11) is 0. The van der Waals surface area contributed by atoms with Gasteiger partial charge in [-0.3, -0.25) is 0 Å². The molecule has 2 aromatic heterocycles. The van der Waals surface area contributed by atoms with Crippen LogP contribution >= 0.6 is 24.0 Å². The number of aromatic amines is 1. The minimum absolute atomic E-state index is 0. The summed E-state index contributed by atoms with van der Waals surface area (Å²) in [6.07, 6.45) is 5.02. The van der Waals surface area contributed by atoms with Crippen molar-refractivity contribution >= 4 is 46.7 Å². The summed E-state index contributed by atoms with van der Waals surface area (Å²) in [5.41, 5.74) is 4.92. The van der Waals surface area contributed by atoms with Crippen molar-refractivity contribution in [3.63, 3.8) is 0 Å². The van der Waals surface area contributed by atoms with Gasteiger partial charge in [-0.05, 0) is 55.6 Å². The number of fused-ring (bicyclic) bond motifs is 1. The van der Waals surface area contributed by atoms with Crippen LogP contribution in [0.2, 0.25) is 0 Å². The smallest absolute Gasteiger partial charge is 0.191 e. The molecule has 1 aliphatic rings. The summed E-state index contributed by atoms with van der Waals surface area (Å²) in [4.78, 5) is 17.7. The highest BCUT2D eigenvalue weighted by Crippen LogP contribution is 2.19. The van der Waals surface area contributed by atoms with Crippen molar-refractivity contribution in [2.24, 2.45) is 4.99 Å². The van der Waals surface area contributed by atoms with Gasteiger partial charge in [0.15, 0.2) is 5.96 Å². The molecule has 3 aromatic rings. The molecular formula is C26H38IN7. The molecule has 0 spiro atoms. The molecule has 8 heteroatoms. The Balaban J connectivity index is 0.00000324. The topological polar surface area (TPSA) is 71.6 Å². The van der Waals surface area contributed by atoms with Crippen LogP contribution in [0, 0.1) is 6.92 Å². The van der Waals surface area contributed by atoms with E-state index in [0.29, 0.717) is 6.54 Å². The molecule has 3 heterocycles. The number of guanidine groups is 1. The number of likely N-dealkylation sites (N-methyl/N-ethyl adjacent to an activating group) is 1. The van der Waals surface area contributed by atoms with E-state index >= 15 is 0 Å². The highest BCUT2D eigenvalue weighted by Gasteiger charge is 2.16. The standard InChI is InChI=1S/C26H37N7.HI/c1-4-27-26(28-11-10-22-19-29-24-16-20(3)6-8-23(22)24)31-18-21-7-9-25(30-17-21)33-14-12-32(5-2)13-15-33;/h6-9,16-17,19,29H,4-5,10-15,18H2,1-3H3,(H2,27,28,31);1H. The van der Waals surface area contributed by atoms with E-state index in [1.54, 1.807) is 0 Å². The number of piperazine rings is 1. The predicted molar refractivity (Wildman–Crippen MR) is 154 cm³/mol. The number of pyridine rings is 1. The van der Waals surface area contributed by atoms with E-state index in [-0.39, 0.29) is 24.0 Å². The van der Waals surface area contributed by atoms with Crippen LogP contribution in [-0.4, -0.2) is 66.6 Å². The SMILES string of the molecule is CCNC(=NCc1ccc(N2CCN(CC)CC2)nc1)NCCc1c[nH]c2cc(C)ccc12.I. The van der Waals surface area contributed by atoms with Gasteiger partial charge in [-0.15, -0.1) is 24.0 Å². The van der Waals surface area contributed by atoms with E-state index in [1.165, 1.54) is 22.0 Å². The maximum Gasteiger partial charge on any atom is 0.191 e. The first kappa shape index (κ1) is 26.3. The zero-order valence-corrected chi connectivity index (χ0v) is 22.9. The number of nitrogens with zero attached hydrogens (tertiary/aromatic N) is 4. The molecule has 0 saturated carbocycles. The van der Waals surface area contributed by atoms with Gasteiger partial charge in [-0.25, -0.2) is 9.98 Å². The van der Waals surface area contributed by atoms with Crippen LogP contribution in [0.25, 0.3) is 10.9 Å². The Kier molecular flexibility index (Phi) is 10.0. The van der Waals surface area contributed by atoms with Crippen LogP contribution in [0.3, 0.4) is 0 Å². The first-order valence-electron chi connectivity index (χ1n) is 12.2. The number of hydrogen-bond acceptors (Lipinski definition) is 4. The molecule has 4 rings (SSSR count). The maximum atomic E-state index is 4.77. The van der Waals surface area contributed by atoms with Gasteiger partial charge in [0.25, 0.3) is 0 Å². The van der Waals surface area contributed by atoms with Gasteiger partial charge < -0.3 is 25.4 Å². The molecule has 7 nitrogen and oxygen atoms in total. The fourth-order valence-corrected chi connectivity index (χ4v) is 4.33. The van der Waals surface area contributed by atoms with E-state index in [9.17, 15) is 0 Å². The minimum atomic E-state index is 0. The number of H-pyrrole nitrogens is 1. The number of rotatable bonds is 8. The van der Waals surface area contributed by atoms with Crippen LogP contribution in [-0.2, 0) is 13.0 Å². The van der Waals surface area contributed by atoms with E-state index in [1.807, 2.05) is 6.20 Å². The van der Waals surface area contributed by atoms with E-state index in [4.69, 9.17) is 9.98 Å². The summed E-state index contributed by atoms with van der Waals surface area (Å²) in [6.45, 7) is 14.1. The predicted octanol–water partition coefficient (Wildman–Crippen LogP) is 3.93. The van der Waals surface area contributed by atoms with Crippen molar-refractivity contribution in [3.8, 4) is 0 Å². The normalized spacial score (nSPS) is 14.8. The average Bonchev–Trinajstić information content (AvgIpc) is 3.25. The van der Waals surface area contributed by atoms with Gasteiger partial charge in [0.2, 0.25) is 0 Å². The summed E-state index contributed by atoms with van der Waals surface area (Å²) >= 11 is 0. The second-order valence-corrected chi connectivity index (χ2v) is 8.68. The van der Waals surface area contributed by atoms with Crippen LogP contribution in [0.4, 0.5) is 5.82 Å². The zero-order chi connectivity index (χ0) is 23.0. The van der Waals surface area contributed by atoms with Crippen molar-refractivity contribution in [2.45, 2.75) is 33.7 Å². The van der Waals surface area contributed by atoms with Crippen molar-refractivity contribution in [1.82, 2.24) is 25.5 Å². The summed E-state index contributed by atoms with van der Waals surface area (Å²) in [6, 6.07) is 10.8. The molecule has 1 saturated heterocycles. The number of halogens is 1. The van der Waals surface area contributed by atoms with Gasteiger partial charge in [-0.2, -0.15) is 0 Å². The third kappa shape index (κ3) is 6.85. The number of aromatic nitrogens is 2. The number of benzene rings is 1. The van der Waals surface area contributed by atoms with Crippen LogP contribution in [0.1, 0.15) is 30.5 Å². The van der Waals surface area contributed by atoms with Gasteiger partial charge in [0, 0.05) is 62.6 Å². The molecule has 1 aliphatic heterocycles. The molecule has 0 atom stereocenters. The largest absolute Gasteiger partial charge is 0.361 e. The van der Waals surface area contributed by atoms with Crippen LogP contribution in [0.5, 0.6) is 0 Å². The van der Waals surface area contributed by atoms with E-state index in [2.05, 4.69) is 82.7 Å². The van der Waals surface area contributed by atoms with Crippen molar-refractivity contribution in [3.05, 3.63) is 59.4 Å². The lowest BCUT2D eigenvalue weighted by Gasteiger charge is -2.34. The fourth-order valence-electron chi connectivity index (χ4n) is 4.33. The molecule has 1 fully saturated rings. The average molecular weight is 576 g/mol. The molecule has 34 heavy (non-hydrogen) atoms. The maximum absolute atomic E-state index is 4.77. The highest BCUT2D eigenvalue weighted by atomic mass is 127. The molecule has 184 valence electrons. The molecule has 3 N–H and O–H groups in total. The lowest BCUT2D eigenvalue weighted by Crippen LogP contribution is -2.46.